The first-order valence-corrected chi connectivity index (χ1v) is 12.4. The molecule has 0 aliphatic heterocycles. The van der Waals surface area contributed by atoms with Crippen LogP contribution in [0.5, 0.6) is 0 Å². The third-order valence-electron chi connectivity index (χ3n) is 3.00. The highest BCUT2D eigenvalue weighted by Gasteiger charge is 2.21. The van der Waals surface area contributed by atoms with Gasteiger partial charge in [0.1, 0.15) is 6.54 Å². The summed E-state index contributed by atoms with van der Waals surface area (Å²) in [6, 6.07) is 6.91. The fourth-order valence-corrected chi connectivity index (χ4v) is 4.81. The molecule has 1 amide bonds. The average molecular weight is 526 g/mol. The van der Waals surface area contributed by atoms with Crippen molar-refractivity contribution in [3.05, 3.63) is 27.8 Å². The summed E-state index contributed by atoms with van der Waals surface area (Å²) in [4.78, 5) is 12.3. The Labute approximate surface area is 175 Å². The third kappa shape index (κ3) is 6.67. The maximum absolute atomic E-state index is 12.3. The van der Waals surface area contributed by atoms with Gasteiger partial charge in [-0.1, -0.05) is 36.9 Å². The quantitative estimate of drug-likeness (QED) is 0.323. The monoisotopic (exact) mass is 526 g/mol. The van der Waals surface area contributed by atoms with Gasteiger partial charge in [0.15, 0.2) is 4.34 Å². The van der Waals surface area contributed by atoms with Crippen LogP contribution in [0.1, 0.15) is 13.8 Å². The van der Waals surface area contributed by atoms with Crippen LogP contribution in [-0.4, -0.2) is 43.1 Å². The van der Waals surface area contributed by atoms with E-state index < -0.39 is 15.9 Å². The van der Waals surface area contributed by atoms with E-state index in [1.165, 1.54) is 11.3 Å². The number of thioether (sulfide) groups is 1. The van der Waals surface area contributed by atoms with E-state index in [9.17, 15) is 13.2 Å². The highest BCUT2D eigenvalue weighted by Crippen LogP contribution is 2.27. The molecule has 0 radical (unpaired) electrons. The highest BCUT2D eigenvalue weighted by molar-refractivity contribution is 14.1. The molecule has 0 bridgehead atoms. The molecule has 0 saturated heterocycles. The number of hydrogen-bond donors (Lipinski definition) is 1. The molecule has 1 aromatic heterocycles. The molecule has 0 saturated carbocycles. The van der Waals surface area contributed by atoms with E-state index in [4.69, 9.17) is 0 Å². The molecule has 2 rings (SSSR count). The van der Waals surface area contributed by atoms with E-state index in [2.05, 4.69) is 52.0 Å². The molecule has 0 aliphatic rings. The first kappa shape index (κ1) is 21.4. The number of benzene rings is 1. The van der Waals surface area contributed by atoms with Crippen LogP contribution < -0.4 is 9.62 Å². The topological polar surface area (TPSA) is 92.3 Å². The molecule has 11 heteroatoms. The number of aromatic nitrogens is 2. The van der Waals surface area contributed by atoms with Crippen molar-refractivity contribution in [2.75, 3.05) is 28.2 Å². The van der Waals surface area contributed by atoms with Gasteiger partial charge in [-0.05, 0) is 52.8 Å². The Hall–Kier alpha value is -0.920. The molecule has 7 nitrogen and oxygen atoms in total. The number of nitrogens with one attached hydrogen (secondary N) is 1. The van der Waals surface area contributed by atoms with Crippen LogP contribution in [0.4, 0.5) is 10.8 Å². The van der Waals surface area contributed by atoms with Gasteiger partial charge in [0, 0.05) is 9.32 Å². The largest absolute Gasteiger partial charge is 0.299 e. The predicted molar refractivity (Wildman–Crippen MR) is 115 cm³/mol. The maximum atomic E-state index is 12.3. The smallest absolute Gasteiger partial charge is 0.246 e. The van der Waals surface area contributed by atoms with Crippen molar-refractivity contribution < 1.29 is 13.2 Å². The van der Waals surface area contributed by atoms with E-state index in [1.54, 1.807) is 36.0 Å². The fourth-order valence-electron chi connectivity index (χ4n) is 1.85. The van der Waals surface area contributed by atoms with Gasteiger partial charge < -0.3 is 0 Å². The van der Waals surface area contributed by atoms with E-state index >= 15 is 0 Å². The number of nitrogens with zero attached hydrogens (tertiary/aromatic N) is 3. The Morgan fingerprint density at radius 2 is 1.96 bits per heavy atom. The van der Waals surface area contributed by atoms with Crippen LogP contribution >= 0.6 is 45.7 Å². The Balaban J connectivity index is 2.05. The number of carbonyl (C=O) groups excluding carboxylic acids is 1. The normalized spacial score (nSPS) is 11.6. The van der Waals surface area contributed by atoms with Gasteiger partial charge in [-0.15, -0.1) is 10.2 Å². The molecule has 1 N–H and O–H groups in total. The summed E-state index contributed by atoms with van der Waals surface area (Å²) < 4.78 is 27.0. The van der Waals surface area contributed by atoms with Crippen molar-refractivity contribution in [1.82, 2.24) is 10.2 Å². The zero-order valence-electron chi connectivity index (χ0n) is 14.5. The van der Waals surface area contributed by atoms with E-state index in [-0.39, 0.29) is 6.54 Å². The Morgan fingerprint density at radius 3 is 2.54 bits per heavy atom. The summed E-state index contributed by atoms with van der Waals surface area (Å²) in [5.41, 5.74) is 0.438. The SMILES string of the molecule is CC(C)CSc1nnc(NC(=O)CN(c2ccc(I)cc2)S(C)(=O)=O)s1. The Morgan fingerprint density at radius 1 is 1.31 bits per heavy atom. The Bertz CT molecular complexity index is 853. The predicted octanol–water partition coefficient (Wildman–Crippen LogP) is 3.30. The lowest BCUT2D eigenvalue weighted by Crippen LogP contribution is -2.37. The number of rotatable bonds is 8. The Kier molecular flexibility index (Phi) is 7.67. The minimum Gasteiger partial charge on any atom is -0.299 e. The average Bonchev–Trinajstić information content (AvgIpc) is 2.98. The van der Waals surface area contributed by atoms with Gasteiger partial charge in [0.25, 0.3) is 0 Å². The van der Waals surface area contributed by atoms with Gasteiger partial charge in [-0.25, -0.2) is 8.42 Å². The zero-order chi connectivity index (χ0) is 19.3. The lowest BCUT2D eigenvalue weighted by atomic mass is 10.3. The summed E-state index contributed by atoms with van der Waals surface area (Å²) in [5.74, 6) is 0.974. The van der Waals surface area contributed by atoms with Crippen molar-refractivity contribution in [1.29, 1.82) is 0 Å². The van der Waals surface area contributed by atoms with Crippen LogP contribution in [0.2, 0.25) is 0 Å². The van der Waals surface area contributed by atoms with E-state index in [1.807, 2.05) is 0 Å². The lowest BCUT2D eigenvalue weighted by molar-refractivity contribution is -0.114. The molecule has 0 aliphatic carbocycles. The molecule has 142 valence electrons. The second kappa shape index (κ2) is 9.33. The molecule has 1 aromatic carbocycles. The maximum Gasteiger partial charge on any atom is 0.246 e. The second-order valence-electron chi connectivity index (χ2n) is 5.87. The van der Waals surface area contributed by atoms with Gasteiger partial charge in [-0.3, -0.25) is 14.4 Å². The number of carbonyl (C=O) groups is 1. The van der Waals surface area contributed by atoms with Gasteiger partial charge in [-0.2, -0.15) is 0 Å². The van der Waals surface area contributed by atoms with Crippen LogP contribution in [-0.2, 0) is 14.8 Å². The summed E-state index contributed by atoms with van der Waals surface area (Å²) in [6.07, 6.45) is 1.07. The van der Waals surface area contributed by atoms with Gasteiger partial charge in [0.05, 0.1) is 11.9 Å². The lowest BCUT2D eigenvalue weighted by Gasteiger charge is -2.21. The van der Waals surface area contributed by atoms with Crippen molar-refractivity contribution >= 4 is 72.4 Å². The molecule has 2 aromatic rings. The molecule has 1 heterocycles. The first-order valence-electron chi connectivity index (χ1n) is 7.64. The van der Waals surface area contributed by atoms with Crippen molar-refractivity contribution in [3.8, 4) is 0 Å². The first-order chi connectivity index (χ1) is 12.1. The van der Waals surface area contributed by atoms with Gasteiger partial charge in [0.2, 0.25) is 21.1 Å². The summed E-state index contributed by atoms with van der Waals surface area (Å²) >= 11 is 4.99. The summed E-state index contributed by atoms with van der Waals surface area (Å²) in [7, 11) is -3.60. The minimum absolute atomic E-state index is 0.326. The fraction of sp³-hybridized carbons (Fsp3) is 0.400. The molecular weight excluding hydrogens is 507 g/mol. The number of anilines is 2. The number of hydrogen-bond acceptors (Lipinski definition) is 7. The number of amides is 1. The van der Waals surface area contributed by atoms with Crippen LogP contribution in [0.3, 0.4) is 0 Å². The minimum atomic E-state index is -3.60. The van der Waals surface area contributed by atoms with Crippen LogP contribution in [0, 0.1) is 9.49 Å². The molecule has 26 heavy (non-hydrogen) atoms. The second-order valence-corrected chi connectivity index (χ2v) is 11.3. The summed E-state index contributed by atoms with van der Waals surface area (Å²) in [6.45, 7) is 3.90. The molecular formula is C15H19IN4O3S3. The number of halogens is 1. The van der Waals surface area contributed by atoms with Crippen LogP contribution in [0.25, 0.3) is 0 Å². The standard InChI is InChI=1S/C15H19IN4O3S3/c1-10(2)9-24-15-19-18-14(25-15)17-13(21)8-20(26(3,22)23)12-6-4-11(16)5-7-12/h4-7,10H,8-9H2,1-3H3,(H,17,18,21). The number of sulfonamides is 1. The van der Waals surface area contributed by atoms with Crippen molar-refractivity contribution in [3.63, 3.8) is 0 Å². The summed E-state index contributed by atoms with van der Waals surface area (Å²) in [5, 5.41) is 10.9. The molecule has 0 atom stereocenters. The van der Waals surface area contributed by atoms with Crippen molar-refractivity contribution in [2.24, 2.45) is 5.92 Å². The van der Waals surface area contributed by atoms with Crippen LogP contribution in [0.15, 0.2) is 28.6 Å². The van der Waals surface area contributed by atoms with Crippen molar-refractivity contribution in [2.45, 2.75) is 18.2 Å². The van der Waals surface area contributed by atoms with Gasteiger partial charge >= 0.3 is 0 Å². The van der Waals surface area contributed by atoms with E-state index in [0.29, 0.717) is 16.7 Å². The molecule has 0 fully saturated rings. The highest BCUT2D eigenvalue weighted by atomic mass is 127. The van der Waals surface area contributed by atoms with E-state index in [0.717, 1.165) is 24.2 Å². The molecule has 0 spiro atoms. The third-order valence-corrected chi connectivity index (χ3v) is 7.25. The molecule has 0 unspecified atom stereocenters. The zero-order valence-corrected chi connectivity index (χ0v) is 19.1.